The maximum absolute atomic E-state index is 13.3. The summed E-state index contributed by atoms with van der Waals surface area (Å²) < 4.78 is 5.63. The van der Waals surface area contributed by atoms with Crippen LogP contribution in [-0.4, -0.2) is 53.7 Å². The summed E-state index contributed by atoms with van der Waals surface area (Å²) in [5, 5.41) is 12.0. The van der Waals surface area contributed by atoms with E-state index in [1.54, 1.807) is 0 Å². The molecule has 7 heteroatoms. The summed E-state index contributed by atoms with van der Waals surface area (Å²) in [5.74, 6) is -1.48. The van der Waals surface area contributed by atoms with Crippen LogP contribution in [0.5, 0.6) is 0 Å². The van der Waals surface area contributed by atoms with Crippen molar-refractivity contribution in [3.05, 3.63) is 59.7 Å². The summed E-state index contributed by atoms with van der Waals surface area (Å²) in [6, 6.07) is 15.3. The standard InChI is InChI=1S/C28H36N2O5/c1-18(2)14-24(26(33)30(15-25(31)32)17-28(3,4)5)29-27(34)35-16-23-21-12-8-6-10-19(21)20-11-7-9-13-22(20)23/h6-13,18,23-24H,14-17H2,1-5H3,(H,29,34)(H,31,32). The van der Waals surface area contributed by atoms with Crippen LogP contribution < -0.4 is 5.32 Å². The zero-order valence-corrected chi connectivity index (χ0v) is 21.2. The number of ether oxygens (including phenoxy) is 1. The van der Waals surface area contributed by atoms with Crippen molar-refractivity contribution in [2.75, 3.05) is 19.7 Å². The number of alkyl carbamates (subject to hydrolysis) is 1. The Morgan fingerprint density at radius 3 is 2.03 bits per heavy atom. The minimum Gasteiger partial charge on any atom is -0.480 e. The number of nitrogens with one attached hydrogen (secondary N) is 1. The number of carbonyl (C=O) groups excluding carboxylic acids is 2. The third-order valence-corrected chi connectivity index (χ3v) is 5.94. The fourth-order valence-corrected chi connectivity index (χ4v) is 4.64. The molecule has 1 aliphatic carbocycles. The van der Waals surface area contributed by atoms with E-state index in [0.29, 0.717) is 6.42 Å². The molecular weight excluding hydrogens is 444 g/mol. The number of carbonyl (C=O) groups is 3. The molecule has 1 unspecified atom stereocenters. The van der Waals surface area contributed by atoms with Crippen LogP contribution in [0.2, 0.25) is 0 Å². The van der Waals surface area contributed by atoms with Crippen molar-refractivity contribution in [3.8, 4) is 11.1 Å². The Hall–Kier alpha value is -3.35. The molecule has 2 amide bonds. The van der Waals surface area contributed by atoms with Gasteiger partial charge in [0.25, 0.3) is 0 Å². The molecule has 0 aliphatic heterocycles. The summed E-state index contributed by atoms with van der Waals surface area (Å²) in [4.78, 5) is 38.9. The first-order valence-electron chi connectivity index (χ1n) is 12.1. The zero-order chi connectivity index (χ0) is 25.8. The second-order valence-electron chi connectivity index (χ2n) is 10.8. The molecular formula is C28H36N2O5. The van der Waals surface area contributed by atoms with Gasteiger partial charge in [0.1, 0.15) is 19.2 Å². The van der Waals surface area contributed by atoms with Crippen LogP contribution in [-0.2, 0) is 14.3 Å². The number of benzene rings is 2. The van der Waals surface area contributed by atoms with Gasteiger partial charge in [-0.2, -0.15) is 0 Å². The number of aliphatic carboxylic acids is 1. The van der Waals surface area contributed by atoms with Crippen LogP contribution >= 0.6 is 0 Å². The number of hydrogen-bond donors (Lipinski definition) is 2. The highest BCUT2D eigenvalue weighted by Gasteiger charge is 2.32. The van der Waals surface area contributed by atoms with Gasteiger partial charge in [0, 0.05) is 12.5 Å². The van der Waals surface area contributed by atoms with Crippen molar-refractivity contribution in [2.24, 2.45) is 11.3 Å². The quantitative estimate of drug-likeness (QED) is 0.532. The maximum atomic E-state index is 13.3. The van der Waals surface area contributed by atoms with Gasteiger partial charge in [-0.25, -0.2) is 4.79 Å². The normalized spacial score (nSPS) is 13.7. The summed E-state index contributed by atoms with van der Waals surface area (Å²) >= 11 is 0. The molecule has 0 aromatic heterocycles. The van der Waals surface area contributed by atoms with E-state index in [1.165, 1.54) is 4.90 Å². The monoisotopic (exact) mass is 480 g/mol. The number of hydrogen-bond acceptors (Lipinski definition) is 4. The SMILES string of the molecule is CC(C)CC(NC(=O)OCC1c2ccccc2-c2ccccc21)C(=O)N(CC(=O)O)CC(C)(C)C. The van der Waals surface area contributed by atoms with E-state index >= 15 is 0 Å². The van der Waals surface area contributed by atoms with Crippen molar-refractivity contribution in [1.82, 2.24) is 10.2 Å². The molecule has 0 radical (unpaired) electrons. The summed E-state index contributed by atoms with van der Waals surface area (Å²) in [6.07, 6.45) is -0.305. The third kappa shape index (κ3) is 6.84. The smallest absolute Gasteiger partial charge is 0.407 e. The van der Waals surface area contributed by atoms with Gasteiger partial charge in [-0.1, -0.05) is 83.1 Å². The van der Waals surface area contributed by atoms with E-state index in [1.807, 2.05) is 71.0 Å². The second kappa shape index (κ2) is 10.9. The summed E-state index contributed by atoms with van der Waals surface area (Å²) in [6.45, 7) is 9.69. The third-order valence-electron chi connectivity index (χ3n) is 5.94. The number of fused-ring (bicyclic) bond motifs is 3. The fourth-order valence-electron chi connectivity index (χ4n) is 4.64. The van der Waals surface area contributed by atoms with Gasteiger partial charge >= 0.3 is 12.1 Å². The van der Waals surface area contributed by atoms with Crippen molar-refractivity contribution < 1.29 is 24.2 Å². The lowest BCUT2D eigenvalue weighted by Crippen LogP contribution is -2.52. The van der Waals surface area contributed by atoms with E-state index in [-0.39, 0.29) is 30.4 Å². The average molecular weight is 481 g/mol. The Morgan fingerprint density at radius 2 is 1.54 bits per heavy atom. The van der Waals surface area contributed by atoms with E-state index in [2.05, 4.69) is 17.4 Å². The van der Waals surface area contributed by atoms with Crippen molar-refractivity contribution in [3.63, 3.8) is 0 Å². The van der Waals surface area contributed by atoms with Crippen LogP contribution in [0.4, 0.5) is 4.79 Å². The minimum absolute atomic E-state index is 0.0863. The van der Waals surface area contributed by atoms with Crippen LogP contribution in [0.3, 0.4) is 0 Å². The Labute approximate surface area is 207 Å². The van der Waals surface area contributed by atoms with Crippen molar-refractivity contribution in [1.29, 1.82) is 0 Å². The molecule has 7 nitrogen and oxygen atoms in total. The predicted molar refractivity (Wildman–Crippen MR) is 135 cm³/mol. The largest absolute Gasteiger partial charge is 0.480 e. The highest BCUT2D eigenvalue weighted by molar-refractivity contribution is 5.88. The van der Waals surface area contributed by atoms with E-state index in [9.17, 15) is 19.5 Å². The molecule has 3 rings (SSSR count). The Balaban J connectivity index is 1.72. The molecule has 0 heterocycles. The minimum atomic E-state index is -1.09. The van der Waals surface area contributed by atoms with Gasteiger partial charge in [-0.3, -0.25) is 9.59 Å². The van der Waals surface area contributed by atoms with Gasteiger partial charge in [-0.15, -0.1) is 0 Å². The lowest BCUT2D eigenvalue weighted by molar-refractivity contribution is -0.146. The first kappa shape index (κ1) is 26.3. The number of carboxylic acid groups (broad SMARTS) is 1. The molecule has 0 bridgehead atoms. The van der Waals surface area contributed by atoms with Crippen molar-refractivity contribution >= 4 is 18.0 Å². The summed E-state index contributed by atoms with van der Waals surface area (Å²) in [7, 11) is 0. The average Bonchev–Trinajstić information content (AvgIpc) is 3.08. The molecule has 0 fully saturated rings. The van der Waals surface area contributed by atoms with Gasteiger partial charge in [-0.05, 0) is 40.0 Å². The molecule has 188 valence electrons. The lowest BCUT2D eigenvalue weighted by Gasteiger charge is -2.32. The molecule has 35 heavy (non-hydrogen) atoms. The van der Waals surface area contributed by atoms with E-state index in [0.717, 1.165) is 22.3 Å². The Kier molecular flexibility index (Phi) is 8.20. The summed E-state index contributed by atoms with van der Waals surface area (Å²) in [5.41, 5.74) is 4.19. The number of nitrogens with zero attached hydrogens (tertiary/aromatic N) is 1. The van der Waals surface area contributed by atoms with Crippen LogP contribution in [0.1, 0.15) is 58.1 Å². The molecule has 1 atom stereocenters. The first-order valence-corrected chi connectivity index (χ1v) is 12.1. The van der Waals surface area contributed by atoms with Crippen LogP contribution in [0.25, 0.3) is 11.1 Å². The first-order chi connectivity index (χ1) is 16.5. The fraction of sp³-hybridized carbons (Fsp3) is 0.464. The van der Waals surface area contributed by atoms with E-state index in [4.69, 9.17) is 4.74 Å². The molecule has 0 saturated heterocycles. The molecule has 2 aromatic rings. The molecule has 2 N–H and O–H groups in total. The topological polar surface area (TPSA) is 95.9 Å². The predicted octanol–water partition coefficient (Wildman–Crippen LogP) is 4.90. The zero-order valence-electron chi connectivity index (χ0n) is 21.2. The lowest BCUT2D eigenvalue weighted by atomic mass is 9.95. The second-order valence-corrected chi connectivity index (χ2v) is 10.8. The highest BCUT2D eigenvalue weighted by Crippen LogP contribution is 2.44. The van der Waals surface area contributed by atoms with Crippen molar-refractivity contribution in [2.45, 2.75) is 53.0 Å². The Bertz CT molecular complexity index is 1030. The van der Waals surface area contributed by atoms with Gasteiger partial charge in [0.15, 0.2) is 0 Å². The number of amides is 2. The number of rotatable bonds is 9. The molecule has 1 aliphatic rings. The van der Waals surface area contributed by atoms with Gasteiger partial charge in [0.2, 0.25) is 5.91 Å². The highest BCUT2D eigenvalue weighted by atomic mass is 16.5. The van der Waals surface area contributed by atoms with Crippen LogP contribution in [0.15, 0.2) is 48.5 Å². The Morgan fingerprint density at radius 1 is 1.00 bits per heavy atom. The molecule has 0 saturated carbocycles. The number of carboxylic acids is 1. The van der Waals surface area contributed by atoms with Gasteiger partial charge in [0.05, 0.1) is 0 Å². The van der Waals surface area contributed by atoms with E-state index < -0.39 is 30.6 Å². The molecule has 0 spiro atoms. The van der Waals surface area contributed by atoms with Crippen LogP contribution in [0, 0.1) is 11.3 Å². The molecule has 2 aromatic carbocycles. The van der Waals surface area contributed by atoms with Gasteiger partial charge < -0.3 is 20.1 Å². The maximum Gasteiger partial charge on any atom is 0.407 e.